The first-order valence-electron chi connectivity index (χ1n) is 14.1. The van der Waals surface area contributed by atoms with Gasteiger partial charge in [-0.2, -0.15) is 4.31 Å². The van der Waals surface area contributed by atoms with E-state index in [1.165, 1.54) is 36.4 Å². The fourth-order valence-electron chi connectivity index (χ4n) is 5.25. The van der Waals surface area contributed by atoms with Gasteiger partial charge >= 0.3 is 5.97 Å². The van der Waals surface area contributed by atoms with Gasteiger partial charge in [0.25, 0.3) is 21.8 Å². The largest absolute Gasteiger partial charge is 0.451 e. The van der Waals surface area contributed by atoms with Crippen LogP contribution in [0.1, 0.15) is 40.7 Å². The molecule has 0 bridgehead atoms. The van der Waals surface area contributed by atoms with Gasteiger partial charge < -0.3 is 4.74 Å². The molecule has 4 aromatic carbocycles. The molecule has 0 saturated carbocycles. The zero-order valence-electron chi connectivity index (χ0n) is 24.3. The maximum Gasteiger partial charge on any atom is 0.313 e. The van der Waals surface area contributed by atoms with Gasteiger partial charge in [-0.1, -0.05) is 66.2 Å². The highest BCUT2D eigenvalue weighted by atomic mass is 32.2. The number of nitrogens with zero attached hydrogens (tertiary/aromatic N) is 2. The number of fused-ring (bicyclic) bond motifs is 2. The Hall–Kier alpha value is -5.42. The number of hydrogen-bond donors (Lipinski definition) is 1. The summed E-state index contributed by atoms with van der Waals surface area (Å²) in [6.07, 6.45) is -1.45. The number of aromatic nitrogens is 1. The summed E-state index contributed by atoms with van der Waals surface area (Å²) in [5.41, 5.74) is 2.60. The molecule has 0 radical (unpaired) electrons. The van der Waals surface area contributed by atoms with Gasteiger partial charge in [-0.05, 0) is 55.8 Å². The van der Waals surface area contributed by atoms with Gasteiger partial charge in [0.2, 0.25) is 5.91 Å². The quantitative estimate of drug-likeness (QED) is 0.155. The number of rotatable bonds is 7. The molecule has 6 rings (SSSR count). The second kappa shape index (κ2) is 11.6. The number of benzene rings is 4. The van der Waals surface area contributed by atoms with Crippen LogP contribution in [0, 0.1) is 6.92 Å². The number of esters is 1. The average Bonchev–Trinajstić information content (AvgIpc) is 3.35. The summed E-state index contributed by atoms with van der Waals surface area (Å²) in [6.45, 7) is 3.39. The van der Waals surface area contributed by atoms with Crippen LogP contribution in [-0.4, -0.2) is 43.2 Å². The van der Waals surface area contributed by atoms with E-state index in [4.69, 9.17) is 4.74 Å². The van der Waals surface area contributed by atoms with Crippen LogP contribution in [0.4, 0.5) is 5.69 Å². The molecule has 1 N–H and O–H groups in total. The SMILES string of the molecule is Cc1ccc(S(=O)(=O)N(C(=O)c2c3ccccc3nc3ccccc23)c2ccc(C(C)C(=O)OC3CC(=O)NC3=O)cc2)cc1. The highest BCUT2D eigenvalue weighted by Gasteiger charge is 2.36. The first-order chi connectivity index (χ1) is 21.5. The summed E-state index contributed by atoms with van der Waals surface area (Å²) in [4.78, 5) is 55.4. The zero-order valence-corrected chi connectivity index (χ0v) is 25.1. The molecule has 2 unspecified atom stereocenters. The summed E-state index contributed by atoms with van der Waals surface area (Å²) in [6, 6.07) is 26.2. The lowest BCUT2D eigenvalue weighted by molar-refractivity contribution is -0.155. The lowest BCUT2D eigenvalue weighted by atomic mass is 10.0. The zero-order chi connectivity index (χ0) is 31.9. The number of hydrogen-bond acceptors (Lipinski definition) is 8. The van der Waals surface area contributed by atoms with Gasteiger partial charge in [-0.15, -0.1) is 0 Å². The highest BCUT2D eigenvalue weighted by molar-refractivity contribution is 7.93. The second-order valence-corrected chi connectivity index (χ2v) is 12.6. The number of nitrogens with one attached hydrogen (secondary N) is 1. The number of ether oxygens (including phenoxy) is 1. The van der Waals surface area contributed by atoms with Crippen molar-refractivity contribution in [3.05, 3.63) is 114 Å². The first kappa shape index (κ1) is 29.6. The topological polar surface area (TPSA) is 140 Å². The molecule has 3 amide bonds. The number of aryl methyl sites for hydroxylation is 1. The Labute approximate surface area is 258 Å². The van der Waals surface area contributed by atoms with Crippen LogP contribution in [0.25, 0.3) is 21.8 Å². The van der Waals surface area contributed by atoms with E-state index in [0.717, 1.165) is 9.87 Å². The molecule has 0 aliphatic carbocycles. The van der Waals surface area contributed by atoms with Crippen molar-refractivity contribution in [2.24, 2.45) is 0 Å². The fourth-order valence-corrected chi connectivity index (χ4v) is 6.65. The first-order valence-corrected chi connectivity index (χ1v) is 15.6. The number of anilines is 1. The minimum absolute atomic E-state index is 0.0515. The minimum Gasteiger partial charge on any atom is -0.451 e. The van der Waals surface area contributed by atoms with E-state index in [1.54, 1.807) is 67.6 Å². The Bertz CT molecular complexity index is 2060. The van der Waals surface area contributed by atoms with Gasteiger partial charge in [-0.25, -0.2) is 13.4 Å². The van der Waals surface area contributed by atoms with Crippen molar-refractivity contribution in [1.82, 2.24) is 10.3 Å². The van der Waals surface area contributed by atoms with Crippen molar-refractivity contribution >= 4 is 61.2 Å². The maximum atomic E-state index is 14.6. The Morgan fingerprint density at radius 2 is 1.44 bits per heavy atom. The predicted molar refractivity (Wildman–Crippen MR) is 167 cm³/mol. The lowest BCUT2D eigenvalue weighted by Crippen LogP contribution is -2.37. The summed E-state index contributed by atoms with van der Waals surface area (Å²) in [5.74, 6) is -3.56. The summed E-state index contributed by atoms with van der Waals surface area (Å²) >= 11 is 0. The molecule has 1 aliphatic heterocycles. The van der Waals surface area contributed by atoms with E-state index in [-0.39, 0.29) is 22.6 Å². The molecule has 1 aliphatic rings. The Balaban J connectivity index is 1.44. The van der Waals surface area contributed by atoms with Crippen LogP contribution in [0.5, 0.6) is 0 Å². The molecular weight excluding hydrogens is 594 g/mol. The molecular formula is C34H27N3O7S. The van der Waals surface area contributed by atoms with Gasteiger partial charge in [-0.3, -0.25) is 24.5 Å². The molecule has 45 heavy (non-hydrogen) atoms. The molecule has 11 heteroatoms. The number of imide groups is 1. The normalized spacial score (nSPS) is 15.6. The van der Waals surface area contributed by atoms with Crippen LogP contribution >= 0.6 is 0 Å². The minimum atomic E-state index is -4.44. The number of sulfonamides is 1. The third-order valence-corrected chi connectivity index (χ3v) is 9.44. The van der Waals surface area contributed by atoms with Crippen LogP contribution in [0.3, 0.4) is 0 Å². The van der Waals surface area contributed by atoms with E-state index >= 15 is 0 Å². The molecule has 10 nitrogen and oxygen atoms in total. The number of carbonyl (C=O) groups excluding carboxylic acids is 4. The van der Waals surface area contributed by atoms with Gasteiger partial charge in [0.15, 0.2) is 6.10 Å². The van der Waals surface area contributed by atoms with Crippen molar-refractivity contribution < 1.29 is 32.3 Å². The lowest BCUT2D eigenvalue weighted by Gasteiger charge is -2.25. The second-order valence-electron chi connectivity index (χ2n) is 10.8. The van der Waals surface area contributed by atoms with Crippen LogP contribution in [-0.2, 0) is 29.1 Å². The standard InChI is InChI=1S/C34H27N3O7S/c1-20-11-17-24(18-12-20)45(42,43)37(33(40)31-25-7-3-5-9-27(25)35-28-10-6-4-8-26(28)31)23-15-13-22(14-16-23)21(2)34(41)44-29-19-30(38)36-32(29)39/h3-18,21,29H,19H2,1-2H3,(H,36,38,39). The highest BCUT2D eigenvalue weighted by Crippen LogP contribution is 2.33. The van der Waals surface area contributed by atoms with Crippen LogP contribution < -0.4 is 9.62 Å². The van der Waals surface area contributed by atoms with Crippen LogP contribution in [0.2, 0.25) is 0 Å². The Kier molecular flexibility index (Phi) is 7.63. The third-order valence-electron chi connectivity index (χ3n) is 7.71. The molecule has 0 spiro atoms. The van der Waals surface area contributed by atoms with Crippen molar-refractivity contribution in [2.45, 2.75) is 37.2 Å². The van der Waals surface area contributed by atoms with Crippen LogP contribution in [0.15, 0.2) is 102 Å². The molecule has 5 aromatic rings. The van der Waals surface area contributed by atoms with Gasteiger partial charge in [0, 0.05) is 10.8 Å². The van der Waals surface area contributed by atoms with E-state index in [1.807, 2.05) is 6.92 Å². The van der Waals surface area contributed by atoms with Gasteiger partial charge in [0.1, 0.15) is 0 Å². The summed E-state index contributed by atoms with van der Waals surface area (Å²) in [5, 5.41) is 3.08. The van der Waals surface area contributed by atoms with E-state index in [2.05, 4.69) is 10.3 Å². The predicted octanol–water partition coefficient (Wildman–Crippen LogP) is 4.79. The van der Waals surface area contributed by atoms with Crippen molar-refractivity contribution in [3.8, 4) is 0 Å². The molecule has 1 fully saturated rings. The number of pyridine rings is 1. The Morgan fingerprint density at radius 3 is 2.00 bits per heavy atom. The number of amides is 3. The van der Waals surface area contributed by atoms with Crippen molar-refractivity contribution in [1.29, 1.82) is 0 Å². The maximum absolute atomic E-state index is 14.6. The van der Waals surface area contributed by atoms with E-state index in [9.17, 15) is 27.6 Å². The number of carbonyl (C=O) groups is 4. The van der Waals surface area contributed by atoms with E-state index in [0.29, 0.717) is 27.4 Å². The molecule has 226 valence electrons. The summed E-state index contributed by atoms with van der Waals surface area (Å²) in [7, 11) is -4.44. The van der Waals surface area contributed by atoms with Crippen molar-refractivity contribution in [2.75, 3.05) is 4.31 Å². The number of para-hydroxylation sites is 2. The summed E-state index contributed by atoms with van der Waals surface area (Å²) < 4.78 is 34.5. The van der Waals surface area contributed by atoms with Crippen molar-refractivity contribution in [3.63, 3.8) is 0 Å². The monoisotopic (exact) mass is 621 g/mol. The molecule has 1 saturated heterocycles. The smallest absolute Gasteiger partial charge is 0.313 e. The molecule has 2 heterocycles. The fraction of sp³-hybridized carbons (Fsp3) is 0.147. The van der Waals surface area contributed by atoms with Gasteiger partial charge in [0.05, 0.1) is 39.5 Å². The molecule has 1 aromatic heterocycles. The molecule has 2 atom stereocenters. The van der Waals surface area contributed by atoms with E-state index < -0.39 is 45.7 Å². The third kappa shape index (κ3) is 5.53. The Morgan fingerprint density at radius 1 is 0.867 bits per heavy atom. The average molecular weight is 622 g/mol.